The monoisotopic (exact) mass is 355 g/mol. The third-order valence-electron chi connectivity index (χ3n) is 2.59. The Balaban J connectivity index is 2.41. The predicted molar refractivity (Wildman–Crippen MR) is 83.5 cm³/mol. The Morgan fingerprint density at radius 3 is 2.65 bits per heavy atom. The van der Waals surface area contributed by atoms with Crippen LogP contribution in [0.2, 0.25) is 0 Å². The van der Waals surface area contributed by atoms with Crippen LogP contribution in [0.4, 0.5) is 11.5 Å². The third kappa shape index (κ3) is 3.29. The number of benzene rings is 1. The maximum absolute atomic E-state index is 12.4. The van der Waals surface area contributed by atoms with E-state index in [0.29, 0.717) is 11.5 Å². The molecule has 2 rings (SSSR count). The zero-order chi connectivity index (χ0) is 14.8. The summed E-state index contributed by atoms with van der Waals surface area (Å²) in [6.45, 7) is 1.89. The summed E-state index contributed by atoms with van der Waals surface area (Å²) in [4.78, 5) is 4.11. The molecule has 0 atom stereocenters. The molecule has 2 N–H and O–H groups in total. The van der Waals surface area contributed by atoms with E-state index in [9.17, 15) is 8.42 Å². The topological polar surface area (TPSA) is 71.1 Å². The second-order valence-corrected chi connectivity index (χ2v) is 6.79. The number of aromatic nitrogens is 1. The SMILES string of the molecule is CNc1ncccc1S(=O)(=O)Nc1cc(C)cc(Br)c1. The molecule has 7 heteroatoms. The number of anilines is 2. The van der Waals surface area contributed by atoms with Gasteiger partial charge in [0.1, 0.15) is 10.7 Å². The minimum Gasteiger partial charge on any atom is -0.372 e. The first-order chi connectivity index (χ1) is 9.42. The highest BCUT2D eigenvalue weighted by Gasteiger charge is 2.19. The zero-order valence-corrected chi connectivity index (χ0v) is 13.4. The van der Waals surface area contributed by atoms with E-state index in [1.807, 2.05) is 13.0 Å². The standard InChI is InChI=1S/C13H14BrN3O2S/c1-9-6-10(14)8-11(7-9)17-20(18,19)12-4-3-5-16-13(12)15-2/h3-8,17H,1-2H3,(H,15,16). The van der Waals surface area contributed by atoms with Crippen LogP contribution < -0.4 is 10.0 Å². The Kier molecular flexibility index (Phi) is 4.29. The molecule has 1 heterocycles. The van der Waals surface area contributed by atoms with Gasteiger partial charge in [-0.2, -0.15) is 0 Å². The van der Waals surface area contributed by atoms with E-state index >= 15 is 0 Å². The number of aryl methyl sites for hydroxylation is 1. The number of nitrogens with zero attached hydrogens (tertiary/aromatic N) is 1. The van der Waals surface area contributed by atoms with Crippen LogP contribution in [0.15, 0.2) is 45.9 Å². The van der Waals surface area contributed by atoms with Gasteiger partial charge in [-0.05, 0) is 42.8 Å². The Morgan fingerprint density at radius 1 is 1.25 bits per heavy atom. The molecule has 0 saturated carbocycles. The molecule has 1 aromatic heterocycles. The minimum atomic E-state index is -3.69. The van der Waals surface area contributed by atoms with E-state index in [4.69, 9.17) is 0 Å². The van der Waals surface area contributed by atoms with Gasteiger partial charge in [0.25, 0.3) is 10.0 Å². The molecule has 5 nitrogen and oxygen atoms in total. The van der Waals surface area contributed by atoms with Crippen LogP contribution >= 0.6 is 15.9 Å². The maximum atomic E-state index is 12.4. The van der Waals surface area contributed by atoms with Gasteiger partial charge < -0.3 is 5.32 Å². The number of sulfonamides is 1. The van der Waals surface area contributed by atoms with Gasteiger partial charge in [-0.25, -0.2) is 13.4 Å². The second kappa shape index (κ2) is 5.80. The van der Waals surface area contributed by atoms with Crippen molar-refractivity contribution in [3.05, 3.63) is 46.6 Å². The molecule has 2 aromatic rings. The van der Waals surface area contributed by atoms with Crippen molar-refractivity contribution in [1.82, 2.24) is 4.98 Å². The fraction of sp³-hybridized carbons (Fsp3) is 0.154. The van der Waals surface area contributed by atoms with E-state index in [1.165, 1.54) is 12.3 Å². The second-order valence-electron chi connectivity index (χ2n) is 4.22. The molecule has 0 amide bonds. The molecule has 20 heavy (non-hydrogen) atoms. The highest BCUT2D eigenvalue weighted by atomic mass is 79.9. The van der Waals surface area contributed by atoms with E-state index in [0.717, 1.165) is 10.0 Å². The Morgan fingerprint density at radius 2 is 2.00 bits per heavy atom. The van der Waals surface area contributed by atoms with Gasteiger partial charge in [0.15, 0.2) is 0 Å². The number of halogens is 1. The zero-order valence-electron chi connectivity index (χ0n) is 11.0. The quantitative estimate of drug-likeness (QED) is 0.884. The van der Waals surface area contributed by atoms with Crippen molar-refractivity contribution in [3.8, 4) is 0 Å². The summed E-state index contributed by atoms with van der Waals surface area (Å²) in [5.41, 5.74) is 1.46. The minimum absolute atomic E-state index is 0.111. The van der Waals surface area contributed by atoms with Crippen molar-refractivity contribution in [2.24, 2.45) is 0 Å². The lowest BCUT2D eigenvalue weighted by Crippen LogP contribution is -2.15. The van der Waals surface area contributed by atoms with Crippen LogP contribution in [0, 0.1) is 6.92 Å². The molecule has 0 fully saturated rings. The van der Waals surface area contributed by atoms with E-state index < -0.39 is 10.0 Å². The van der Waals surface area contributed by atoms with E-state index in [1.54, 1.807) is 25.2 Å². The Labute approximate surface area is 126 Å². The van der Waals surface area contributed by atoms with Gasteiger partial charge in [-0.3, -0.25) is 4.72 Å². The molecule has 0 aliphatic rings. The number of nitrogens with one attached hydrogen (secondary N) is 2. The predicted octanol–water partition coefficient (Wildman–Crippen LogP) is 3.00. The van der Waals surface area contributed by atoms with Gasteiger partial charge in [0.2, 0.25) is 0 Å². The van der Waals surface area contributed by atoms with Crippen molar-refractivity contribution >= 4 is 37.5 Å². The van der Waals surface area contributed by atoms with Crippen molar-refractivity contribution in [1.29, 1.82) is 0 Å². The maximum Gasteiger partial charge on any atom is 0.265 e. The highest BCUT2D eigenvalue weighted by Crippen LogP contribution is 2.24. The molecule has 0 radical (unpaired) electrons. The van der Waals surface area contributed by atoms with Crippen LogP contribution in [-0.4, -0.2) is 20.4 Å². The summed E-state index contributed by atoms with van der Waals surface area (Å²) >= 11 is 3.35. The van der Waals surface area contributed by atoms with Gasteiger partial charge in [-0.15, -0.1) is 0 Å². The molecule has 0 spiro atoms. The molecular weight excluding hydrogens is 342 g/mol. The highest BCUT2D eigenvalue weighted by molar-refractivity contribution is 9.10. The average molecular weight is 356 g/mol. The normalized spacial score (nSPS) is 11.2. The van der Waals surface area contributed by atoms with Crippen molar-refractivity contribution in [2.45, 2.75) is 11.8 Å². The van der Waals surface area contributed by atoms with Gasteiger partial charge in [0.05, 0.1) is 5.69 Å². The summed E-state index contributed by atoms with van der Waals surface area (Å²) in [6.07, 6.45) is 1.54. The number of hydrogen-bond acceptors (Lipinski definition) is 4. The van der Waals surface area contributed by atoms with Crippen LogP contribution in [0.25, 0.3) is 0 Å². The molecule has 0 saturated heterocycles. The summed E-state index contributed by atoms with van der Waals surface area (Å²) in [5.74, 6) is 0.312. The summed E-state index contributed by atoms with van der Waals surface area (Å²) in [6, 6.07) is 8.46. The largest absolute Gasteiger partial charge is 0.372 e. The van der Waals surface area contributed by atoms with Crippen LogP contribution in [0.5, 0.6) is 0 Å². The molecule has 0 aliphatic heterocycles. The fourth-order valence-corrected chi connectivity index (χ4v) is 3.61. The first-order valence-electron chi connectivity index (χ1n) is 5.85. The van der Waals surface area contributed by atoms with E-state index in [2.05, 4.69) is 31.0 Å². The lowest BCUT2D eigenvalue weighted by Gasteiger charge is -2.11. The van der Waals surface area contributed by atoms with Crippen molar-refractivity contribution in [3.63, 3.8) is 0 Å². The summed E-state index contributed by atoms with van der Waals surface area (Å²) < 4.78 is 28.2. The fourth-order valence-electron chi connectivity index (χ4n) is 1.80. The first-order valence-corrected chi connectivity index (χ1v) is 8.13. The average Bonchev–Trinajstić information content (AvgIpc) is 2.36. The molecule has 0 bridgehead atoms. The number of hydrogen-bond donors (Lipinski definition) is 2. The molecule has 0 aliphatic carbocycles. The number of pyridine rings is 1. The first kappa shape index (κ1) is 14.8. The Hall–Kier alpha value is -1.60. The lowest BCUT2D eigenvalue weighted by atomic mass is 10.2. The van der Waals surface area contributed by atoms with Gasteiger partial charge in [-0.1, -0.05) is 15.9 Å². The van der Waals surface area contributed by atoms with Crippen molar-refractivity contribution in [2.75, 3.05) is 17.1 Å². The molecule has 106 valence electrons. The van der Waals surface area contributed by atoms with Crippen LogP contribution in [0.3, 0.4) is 0 Å². The van der Waals surface area contributed by atoms with Gasteiger partial charge in [0, 0.05) is 17.7 Å². The molecular formula is C13H14BrN3O2S. The lowest BCUT2D eigenvalue weighted by molar-refractivity contribution is 0.601. The van der Waals surface area contributed by atoms with Gasteiger partial charge >= 0.3 is 0 Å². The number of rotatable bonds is 4. The Bertz CT molecular complexity index is 712. The molecule has 1 aromatic carbocycles. The van der Waals surface area contributed by atoms with E-state index in [-0.39, 0.29) is 4.90 Å². The smallest absolute Gasteiger partial charge is 0.265 e. The summed E-state index contributed by atoms with van der Waals surface area (Å²) in [7, 11) is -2.06. The summed E-state index contributed by atoms with van der Waals surface area (Å²) in [5, 5.41) is 2.77. The van der Waals surface area contributed by atoms with Crippen LogP contribution in [-0.2, 0) is 10.0 Å². The third-order valence-corrected chi connectivity index (χ3v) is 4.46. The van der Waals surface area contributed by atoms with Crippen LogP contribution in [0.1, 0.15) is 5.56 Å². The molecule has 0 unspecified atom stereocenters. The van der Waals surface area contributed by atoms with Crippen molar-refractivity contribution < 1.29 is 8.42 Å².